The van der Waals surface area contributed by atoms with E-state index in [1.165, 1.54) is 18.2 Å². The van der Waals surface area contributed by atoms with Gasteiger partial charge in [-0.05, 0) is 62.7 Å². The zero-order chi connectivity index (χ0) is 31.6. The van der Waals surface area contributed by atoms with Crippen molar-refractivity contribution in [3.8, 4) is 11.9 Å². The SMILES string of the molecule is CCN1C(=O)CCc2c([C@@H](C)NC#N)nn(-c3ccccc3)c21.Fc1ccccc1.NC(=O)c1cccc(C(F)(F)F)c1.[HH].[HH]. The van der Waals surface area contributed by atoms with Crippen LogP contribution in [-0.4, -0.2) is 28.1 Å². The maximum atomic E-state index is 12.3. The molecule has 43 heavy (non-hydrogen) atoms. The third kappa shape index (κ3) is 8.42. The molecule has 0 saturated carbocycles. The van der Waals surface area contributed by atoms with Crippen molar-refractivity contribution in [2.45, 2.75) is 38.9 Å². The van der Waals surface area contributed by atoms with Crippen LogP contribution in [0.1, 0.15) is 56.3 Å². The van der Waals surface area contributed by atoms with Crippen molar-refractivity contribution in [1.29, 1.82) is 5.26 Å². The first-order chi connectivity index (χ1) is 20.5. The molecular weight excluding hydrogens is 564 g/mol. The molecule has 0 spiro atoms. The smallest absolute Gasteiger partial charge is 0.366 e. The van der Waals surface area contributed by atoms with Crippen molar-refractivity contribution in [1.82, 2.24) is 15.1 Å². The number of nitrogens with two attached hydrogens (primary N) is 1. The highest BCUT2D eigenvalue weighted by Gasteiger charge is 2.33. The molecule has 1 aliphatic heterocycles. The zero-order valence-corrected chi connectivity index (χ0v) is 23.5. The van der Waals surface area contributed by atoms with Crippen LogP contribution in [0.2, 0.25) is 0 Å². The first-order valence-corrected chi connectivity index (χ1v) is 13.3. The van der Waals surface area contributed by atoms with E-state index in [0.717, 1.165) is 41.0 Å². The van der Waals surface area contributed by atoms with Gasteiger partial charge in [-0.15, -0.1) is 0 Å². The van der Waals surface area contributed by atoms with E-state index in [2.05, 4.69) is 5.32 Å². The largest absolute Gasteiger partial charge is 0.416 e. The Bertz CT molecular complexity index is 1580. The molecule has 228 valence electrons. The Morgan fingerprint density at radius 2 is 1.70 bits per heavy atom. The fourth-order valence-electron chi connectivity index (χ4n) is 4.31. The quantitative estimate of drug-likeness (QED) is 0.156. The second-order valence-corrected chi connectivity index (χ2v) is 9.29. The summed E-state index contributed by atoms with van der Waals surface area (Å²) in [5.74, 6) is -0.102. The van der Waals surface area contributed by atoms with Crippen molar-refractivity contribution < 1.29 is 30.0 Å². The molecule has 0 radical (unpaired) electrons. The van der Waals surface area contributed by atoms with Gasteiger partial charge in [0, 0.05) is 26.9 Å². The molecule has 1 aromatic heterocycles. The van der Waals surface area contributed by atoms with E-state index in [1.807, 2.05) is 55.1 Å². The number of anilines is 1. The summed E-state index contributed by atoms with van der Waals surface area (Å²) in [5, 5.41) is 16.4. The van der Waals surface area contributed by atoms with Crippen LogP contribution in [-0.2, 0) is 17.4 Å². The van der Waals surface area contributed by atoms with E-state index in [0.29, 0.717) is 19.4 Å². The number of aromatic nitrogens is 2. The third-order valence-electron chi connectivity index (χ3n) is 6.35. The maximum Gasteiger partial charge on any atom is 0.416 e. The summed E-state index contributed by atoms with van der Waals surface area (Å²) in [6.07, 6.45) is -1.33. The normalized spacial score (nSPS) is 12.9. The number of hydrogen-bond acceptors (Lipinski definition) is 5. The lowest BCUT2D eigenvalue weighted by molar-refractivity contribution is -0.137. The van der Waals surface area contributed by atoms with E-state index in [4.69, 9.17) is 16.1 Å². The molecule has 8 nitrogen and oxygen atoms in total. The number of rotatable bonds is 5. The Morgan fingerprint density at radius 1 is 1.07 bits per heavy atom. The molecule has 0 saturated heterocycles. The molecule has 0 fully saturated rings. The van der Waals surface area contributed by atoms with E-state index < -0.39 is 17.6 Å². The zero-order valence-electron chi connectivity index (χ0n) is 23.5. The average Bonchev–Trinajstić information content (AvgIpc) is 3.38. The Morgan fingerprint density at radius 3 is 2.21 bits per heavy atom. The van der Waals surface area contributed by atoms with Crippen LogP contribution in [0.25, 0.3) is 5.69 Å². The number of nitriles is 1. The van der Waals surface area contributed by atoms with Crippen LogP contribution >= 0.6 is 0 Å². The first-order valence-electron chi connectivity index (χ1n) is 13.3. The van der Waals surface area contributed by atoms with E-state index in [1.54, 1.807) is 23.1 Å². The number of halogens is 4. The van der Waals surface area contributed by atoms with Crippen LogP contribution in [0.3, 0.4) is 0 Å². The van der Waals surface area contributed by atoms with Gasteiger partial charge < -0.3 is 11.1 Å². The molecule has 0 bridgehead atoms. The Balaban J connectivity index is 0.000000389. The van der Waals surface area contributed by atoms with Gasteiger partial charge in [0.1, 0.15) is 11.6 Å². The van der Waals surface area contributed by atoms with Crippen molar-refractivity contribution in [2.24, 2.45) is 5.73 Å². The van der Waals surface area contributed by atoms with E-state index in [-0.39, 0.29) is 26.2 Å². The molecule has 2 amide bonds. The highest BCUT2D eigenvalue weighted by molar-refractivity contribution is 5.96. The molecular formula is C31H34F4N6O2. The number of nitrogens with one attached hydrogen (secondary N) is 1. The fourth-order valence-corrected chi connectivity index (χ4v) is 4.31. The molecule has 2 heterocycles. The van der Waals surface area contributed by atoms with Gasteiger partial charge in [0.25, 0.3) is 0 Å². The predicted molar refractivity (Wildman–Crippen MR) is 158 cm³/mol. The van der Waals surface area contributed by atoms with E-state index >= 15 is 0 Å². The molecule has 1 atom stereocenters. The Kier molecular flexibility index (Phi) is 11.0. The molecule has 0 aliphatic carbocycles. The lowest BCUT2D eigenvalue weighted by atomic mass is 10.0. The number of fused-ring (bicyclic) bond motifs is 1. The van der Waals surface area contributed by atoms with Crippen LogP contribution in [0.5, 0.6) is 0 Å². The number of amides is 2. The number of nitrogens with zero attached hydrogens (tertiary/aromatic N) is 4. The molecule has 4 aromatic rings. The number of carbonyl (C=O) groups is 2. The molecule has 0 unspecified atom stereocenters. The van der Waals surface area contributed by atoms with Crippen LogP contribution in [0, 0.1) is 17.3 Å². The van der Waals surface area contributed by atoms with Gasteiger partial charge in [-0.25, -0.2) is 9.07 Å². The topological polar surface area (TPSA) is 117 Å². The number of primary amides is 1. The molecule has 3 N–H and O–H groups in total. The highest BCUT2D eigenvalue weighted by Crippen LogP contribution is 2.35. The molecule has 3 aromatic carbocycles. The molecule has 1 aliphatic rings. The monoisotopic (exact) mass is 598 g/mol. The van der Waals surface area contributed by atoms with Crippen molar-refractivity contribution >= 4 is 17.6 Å². The lowest BCUT2D eigenvalue weighted by Crippen LogP contribution is -2.36. The number of para-hydroxylation sites is 1. The number of alkyl halides is 3. The minimum absolute atomic E-state index is 0. The Hall–Kier alpha value is -5.18. The van der Waals surface area contributed by atoms with Gasteiger partial charge in [-0.3, -0.25) is 14.5 Å². The van der Waals surface area contributed by atoms with Crippen molar-refractivity contribution in [3.63, 3.8) is 0 Å². The summed E-state index contributed by atoms with van der Waals surface area (Å²) < 4.78 is 50.0. The van der Waals surface area contributed by atoms with Crippen LogP contribution in [0.15, 0.2) is 84.9 Å². The van der Waals surface area contributed by atoms with Gasteiger partial charge in [0.15, 0.2) is 6.19 Å². The lowest BCUT2D eigenvalue weighted by Gasteiger charge is -2.27. The Labute approximate surface area is 249 Å². The first kappa shape index (κ1) is 32.3. The third-order valence-corrected chi connectivity index (χ3v) is 6.35. The summed E-state index contributed by atoms with van der Waals surface area (Å²) >= 11 is 0. The summed E-state index contributed by atoms with van der Waals surface area (Å²) in [5.41, 5.74) is 6.59. The number of hydrogen-bond donors (Lipinski definition) is 2. The predicted octanol–water partition coefficient (Wildman–Crippen LogP) is 6.43. The van der Waals surface area contributed by atoms with Gasteiger partial charge in [-0.2, -0.15) is 23.5 Å². The second-order valence-electron chi connectivity index (χ2n) is 9.29. The van der Waals surface area contributed by atoms with E-state index in [9.17, 15) is 27.2 Å². The minimum atomic E-state index is -4.44. The van der Waals surface area contributed by atoms with Gasteiger partial charge in [0.2, 0.25) is 11.8 Å². The van der Waals surface area contributed by atoms with Gasteiger partial charge in [0.05, 0.1) is 23.0 Å². The van der Waals surface area contributed by atoms with Crippen LogP contribution < -0.4 is 16.0 Å². The van der Waals surface area contributed by atoms with Gasteiger partial charge >= 0.3 is 6.18 Å². The second kappa shape index (κ2) is 14.6. The van der Waals surface area contributed by atoms with Crippen molar-refractivity contribution in [2.75, 3.05) is 11.4 Å². The number of carbonyl (C=O) groups excluding carboxylic acids is 2. The molecule has 12 heteroatoms. The minimum Gasteiger partial charge on any atom is -0.366 e. The van der Waals surface area contributed by atoms with Crippen LogP contribution in [0.4, 0.5) is 23.4 Å². The number of benzene rings is 3. The fraction of sp³-hybridized carbons (Fsp3) is 0.226. The maximum absolute atomic E-state index is 12.3. The van der Waals surface area contributed by atoms with Gasteiger partial charge in [-0.1, -0.05) is 42.5 Å². The average molecular weight is 599 g/mol. The van der Waals surface area contributed by atoms with Crippen molar-refractivity contribution in [3.05, 3.63) is 113 Å². The summed E-state index contributed by atoms with van der Waals surface area (Å²) in [6, 6.07) is 21.5. The molecule has 5 rings (SSSR count). The summed E-state index contributed by atoms with van der Waals surface area (Å²) in [7, 11) is 0. The standard InChI is InChI=1S/C17H19N5O.C8H6F3NO.C6H5F.2H2/c1-3-21-15(23)10-9-14-16(12(2)19-11-18)20-22(17(14)21)13-7-5-4-6-8-13;9-8(10,11)6-3-1-2-5(4-6)7(12)13;7-6-4-2-1-3-5-6;;/h4-8,12,19H,3,9-10H2,1-2H3;1-4H,(H2,12,13);1-5H;2*1H/t12-;;;;/m1..../s1. The summed E-state index contributed by atoms with van der Waals surface area (Å²) in [4.78, 5) is 24.6. The highest BCUT2D eigenvalue weighted by atomic mass is 19.4. The summed E-state index contributed by atoms with van der Waals surface area (Å²) in [6.45, 7) is 4.48.